The highest BCUT2D eigenvalue weighted by atomic mass is 16.6. The van der Waals surface area contributed by atoms with E-state index in [0.29, 0.717) is 23.5 Å². The highest BCUT2D eigenvalue weighted by Crippen LogP contribution is 2.33. The van der Waals surface area contributed by atoms with Crippen molar-refractivity contribution in [1.82, 2.24) is 40.1 Å². The summed E-state index contributed by atoms with van der Waals surface area (Å²) in [6.45, 7) is 0.0493. The molecular weight excluding hydrogens is 406 g/mol. The Morgan fingerprint density at radius 1 is 1.10 bits per heavy atom. The molecule has 3 aromatic heterocycles. The topological polar surface area (TPSA) is 180 Å². The van der Waals surface area contributed by atoms with Crippen molar-refractivity contribution < 1.29 is 20.1 Å². The molecule has 0 radical (unpaired) electrons. The molecular formula is C18H19N9O4. The van der Waals surface area contributed by atoms with Crippen LogP contribution < -0.4 is 5.32 Å². The van der Waals surface area contributed by atoms with Crippen LogP contribution in [-0.4, -0.2) is 80.4 Å². The molecule has 1 saturated heterocycles. The van der Waals surface area contributed by atoms with E-state index in [-0.39, 0.29) is 11.6 Å². The lowest BCUT2D eigenvalue weighted by molar-refractivity contribution is -0.0511. The van der Waals surface area contributed by atoms with E-state index in [1.54, 1.807) is 0 Å². The Morgan fingerprint density at radius 2 is 1.94 bits per heavy atom. The predicted molar refractivity (Wildman–Crippen MR) is 105 cm³/mol. The number of aliphatic hydroxyl groups excluding tert-OH is 3. The van der Waals surface area contributed by atoms with E-state index in [4.69, 9.17) is 4.74 Å². The molecule has 1 aliphatic heterocycles. The molecule has 0 spiro atoms. The van der Waals surface area contributed by atoms with Crippen LogP contribution in [-0.2, 0) is 11.3 Å². The summed E-state index contributed by atoms with van der Waals surface area (Å²) in [5, 5.41) is 47.0. The molecule has 0 saturated carbocycles. The van der Waals surface area contributed by atoms with Gasteiger partial charge in [-0.2, -0.15) is 5.21 Å². The summed E-state index contributed by atoms with van der Waals surface area (Å²) >= 11 is 0. The van der Waals surface area contributed by atoms with Crippen LogP contribution in [0.4, 0.5) is 5.82 Å². The number of aromatic amines is 1. The SMILES string of the molecule is OC[C@H]1O[C@@H](n2cnc3c(NCc4ccccc4)nc(-c4nn[nH]n4)nc32)[C@@H](O)[C@H]1O. The van der Waals surface area contributed by atoms with Gasteiger partial charge in [-0.3, -0.25) is 4.57 Å². The second-order valence-electron chi connectivity index (χ2n) is 7.02. The van der Waals surface area contributed by atoms with Gasteiger partial charge in [-0.25, -0.2) is 15.0 Å². The molecule has 1 aromatic carbocycles. The Kier molecular flexibility index (Phi) is 4.99. The van der Waals surface area contributed by atoms with Crippen LogP contribution in [0.2, 0.25) is 0 Å². The van der Waals surface area contributed by atoms with Gasteiger partial charge in [-0.1, -0.05) is 30.3 Å². The van der Waals surface area contributed by atoms with Gasteiger partial charge in [-0.15, -0.1) is 10.2 Å². The molecule has 5 rings (SSSR count). The lowest BCUT2D eigenvalue weighted by atomic mass is 10.1. The van der Waals surface area contributed by atoms with Gasteiger partial charge in [0.25, 0.3) is 0 Å². The van der Waals surface area contributed by atoms with E-state index < -0.39 is 31.1 Å². The molecule has 5 N–H and O–H groups in total. The van der Waals surface area contributed by atoms with Crippen LogP contribution in [0, 0.1) is 0 Å². The molecule has 4 atom stereocenters. The van der Waals surface area contributed by atoms with Gasteiger partial charge in [0.1, 0.15) is 18.3 Å². The number of ether oxygens (including phenoxy) is 1. The molecule has 4 aromatic rings. The van der Waals surface area contributed by atoms with Gasteiger partial charge < -0.3 is 25.4 Å². The largest absolute Gasteiger partial charge is 0.394 e. The third kappa shape index (κ3) is 3.48. The summed E-state index contributed by atoms with van der Waals surface area (Å²) in [4.78, 5) is 13.3. The Morgan fingerprint density at radius 3 is 2.65 bits per heavy atom. The molecule has 31 heavy (non-hydrogen) atoms. The maximum Gasteiger partial charge on any atom is 0.241 e. The van der Waals surface area contributed by atoms with E-state index in [1.807, 2.05) is 30.3 Å². The number of fused-ring (bicyclic) bond motifs is 1. The number of imidazole rings is 1. The van der Waals surface area contributed by atoms with Crippen LogP contribution in [0.15, 0.2) is 36.7 Å². The van der Waals surface area contributed by atoms with Crippen molar-refractivity contribution in [3.05, 3.63) is 42.2 Å². The molecule has 4 heterocycles. The third-order valence-electron chi connectivity index (χ3n) is 5.06. The Bertz CT molecular complexity index is 1170. The zero-order chi connectivity index (χ0) is 21.4. The van der Waals surface area contributed by atoms with Crippen LogP contribution in [0.25, 0.3) is 22.8 Å². The van der Waals surface area contributed by atoms with Gasteiger partial charge in [0.15, 0.2) is 23.2 Å². The number of hydrogen-bond donors (Lipinski definition) is 5. The molecule has 0 bridgehead atoms. The second kappa shape index (κ2) is 7.96. The summed E-state index contributed by atoms with van der Waals surface area (Å²) in [5.41, 5.74) is 1.80. The number of aromatic nitrogens is 8. The fraction of sp³-hybridized carbons (Fsp3) is 0.333. The van der Waals surface area contributed by atoms with Crippen molar-refractivity contribution in [2.75, 3.05) is 11.9 Å². The monoisotopic (exact) mass is 425 g/mol. The molecule has 1 fully saturated rings. The quantitative estimate of drug-likeness (QED) is 0.262. The van der Waals surface area contributed by atoms with Crippen LogP contribution in [0.1, 0.15) is 11.8 Å². The minimum absolute atomic E-state index is 0.179. The van der Waals surface area contributed by atoms with E-state index in [1.165, 1.54) is 10.9 Å². The minimum atomic E-state index is -1.28. The molecule has 13 heteroatoms. The van der Waals surface area contributed by atoms with Gasteiger partial charge in [0, 0.05) is 6.54 Å². The van der Waals surface area contributed by atoms with Crippen molar-refractivity contribution in [2.24, 2.45) is 0 Å². The van der Waals surface area contributed by atoms with Crippen molar-refractivity contribution in [2.45, 2.75) is 31.1 Å². The van der Waals surface area contributed by atoms with Crippen molar-refractivity contribution in [3.63, 3.8) is 0 Å². The van der Waals surface area contributed by atoms with Gasteiger partial charge in [0.05, 0.1) is 12.9 Å². The van der Waals surface area contributed by atoms with Crippen molar-refractivity contribution in [1.29, 1.82) is 0 Å². The highest BCUT2D eigenvalue weighted by molar-refractivity contribution is 5.84. The normalized spacial score (nSPS) is 23.5. The number of anilines is 1. The molecule has 1 aliphatic rings. The Labute approximate surface area is 174 Å². The van der Waals surface area contributed by atoms with Crippen LogP contribution in [0.5, 0.6) is 0 Å². The van der Waals surface area contributed by atoms with E-state index in [0.717, 1.165) is 5.56 Å². The molecule has 0 amide bonds. The summed E-state index contributed by atoms with van der Waals surface area (Å²) in [5.74, 6) is 0.794. The number of nitrogens with zero attached hydrogens (tertiary/aromatic N) is 7. The fourth-order valence-corrected chi connectivity index (χ4v) is 3.47. The number of aliphatic hydroxyl groups is 3. The maximum absolute atomic E-state index is 10.4. The lowest BCUT2D eigenvalue weighted by Gasteiger charge is -2.17. The first-order valence-electron chi connectivity index (χ1n) is 9.54. The predicted octanol–water partition coefficient (Wildman–Crippen LogP) is -0.770. The van der Waals surface area contributed by atoms with E-state index in [2.05, 4.69) is 40.9 Å². The molecule has 0 unspecified atom stereocenters. The van der Waals surface area contributed by atoms with Crippen molar-refractivity contribution in [3.8, 4) is 11.6 Å². The second-order valence-corrected chi connectivity index (χ2v) is 7.02. The molecule has 160 valence electrons. The van der Waals surface area contributed by atoms with Gasteiger partial charge >= 0.3 is 0 Å². The Balaban J connectivity index is 1.57. The van der Waals surface area contributed by atoms with E-state index >= 15 is 0 Å². The number of rotatable bonds is 6. The number of hydrogen-bond acceptors (Lipinski definition) is 11. The summed E-state index contributed by atoms with van der Waals surface area (Å²) < 4.78 is 7.11. The van der Waals surface area contributed by atoms with E-state index in [9.17, 15) is 15.3 Å². The average Bonchev–Trinajstić information content (AvgIpc) is 3.53. The fourth-order valence-electron chi connectivity index (χ4n) is 3.47. The maximum atomic E-state index is 10.4. The standard InChI is InChI=1S/C18H19N9O4/c28-7-10-12(29)13(30)18(31-10)27-8-20-11-14(19-6-9-4-2-1-3-5-9)21-15(22-17(11)27)16-23-25-26-24-16/h1-5,8,10,12-13,18,28-30H,6-7H2,(H,19,21,22)(H,23,24,25,26)/t10-,12+,13+,18-/m1/s1. The summed E-state index contributed by atoms with van der Waals surface area (Å²) in [6.07, 6.45) is -3.01. The van der Waals surface area contributed by atoms with Gasteiger partial charge in [-0.05, 0) is 10.8 Å². The van der Waals surface area contributed by atoms with Crippen LogP contribution in [0.3, 0.4) is 0 Å². The smallest absolute Gasteiger partial charge is 0.241 e. The van der Waals surface area contributed by atoms with Crippen molar-refractivity contribution >= 4 is 17.0 Å². The third-order valence-corrected chi connectivity index (χ3v) is 5.06. The summed E-state index contributed by atoms with van der Waals surface area (Å²) in [6, 6.07) is 9.76. The molecule has 0 aliphatic carbocycles. The first-order chi connectivity index (χ1) is 15.2. The number of H-pyrrole nitrogens is 1. The number of tetrazole rings is 1. The highest BCUT2D eigenvalue weighted by Gasteiger charge is 2.44. The van der Waals surface area contributed by atoms with Crippen LogP contribution >= 0.6 is 0 Å². The number of nitrogens with one attached hydrogen (secondary N) is 2. The summed E-state index contributed by atoms with van der Waals surface area (Å²) in [7, 11) is 0. The number of benzene rings is 1. The lowest BCUT2D eigenvalue weighted by Crippen LogP contribution is -2.33. The Hall–Kier alpha value is -3.52. The molecule has 13 nitrogen and oxygen atoms in total. The minimum Gasteiger partial charge on any atom is -0.394 e. The van der Waals surface area contributed by atoms with Gasteiger partial charge in [0.2, 0.25) is 11.6 Å². The first-order valence-corrected chi connectivity index (χ1v) is 9.54. The first kappa shape index (κ1) is 19.4. The average molecular weight is 425 g/mol. The zero-order valence-electron chi connectivity index (χ0n) is 16.1. The zero-order valence-corrected chi connectivity index (χ0v) is 16.1.